The fourth-order valence-corrected chi connectivity index (χ4v) is 1.17. The van der Waals surface area contributed by atoms with E-state index in [9.17, 15) is 4.79 Å². The molecule has 1 aromatic carbocycles. The number of benzene rings is 1. The lowest BCUT2D eigenvalue weighted by atomic mass is 10.2. The first-order chi connectivity index (χ1) is 6.72. The van der Waals surface area contributed by atoms with E-state index in [2.05, 4.69) is 17.5 Å². The molecule has 1 aromatic rings. The molecule has 1 N–H and O–H groups in total. The molecule has 0 aromatic heterocycles. The minimum Gasteiger partial charge on any atom is -0.493 e. The van der Waals surface area contributed by atoms with Crippen LogP contribution in [0.1, 0.15) is 10.4 Å². The average Bonchev–Trinajstić information content (AvgIpc) is 2.26. The van der Waals surface area contributed by atoms with Crippen LogP contribution >= 0.6 is 12.8 Å². The van der Waals surface area contributed by atoms with E-state index in [1.165, 1.54) is 14.2 Å². The average molecular weight is 213 g/mol. The predicted molar refractivity (Wildman–Crippen MR) is 56.0 cm³/mol. The number of amides is 1. The normalized spacial score (nSPS) is 9.36. The summed E-state index contributed by atoms with van der Waals surface area (Å²) >= 11 is 3.67. The van der Waals surface area contributed by atoms with Crippen molar-refractivity contribution in [2.45, 2.75) is 0 Å². The zero-order valence-corrected chi connectivity index (χ0v) is 8.80. The van der Waals surface area contributed by atoms with Crippen LogP contribution in [-0.2, 0) is 0 Å². The third-order valence-corrected chi connectivity index (χ3v) is 1.95. The van der Waals surface area contributed by atoms with Crippen molar-refractivity contribution in [2.24, 2.45) is 0 Å². The van der Waals surface area contributed by atoms with Crippen LogP contribution in [0.25, 0.3) is 0 Å². The summed E-state index contributed by atoms with van der Waals surface area (Å²) in [5, 5.41) is 0. The summed E-state index contributed by atoms with van der Waals surface area (Å²) in [5.41, 5.74) is 0.470. The van der Waals surface area contributed by atoms with Gasteiger partial charge in [0.15, 0.2) is 11.5 Å². The molecule has 0 saturated heterocycles. The van der Waals surface area contributed by atoms with Crippen LogP contribution in [0.2, 0.25) is 0 Å². The number of rotatable bonds is 3. The van der Waals surface area contributed by atoms with Crippen LogP contribution in [0.15, 0.2) is 18.2 Å². The zero-order chi connectivity index (χ0) is 10.6. The highest BCUT2D eigenvalue weighted by atomic mass is 32.1. The summed E-state index contributed by atoms with van der Waals surface area (Å²) in [6, 6.07) is 4.88. The third kappa shape index (κ3) is 2.11. The molecule has 1 amide bonds. The van der Waals surface area contributed by atoms with Crippen molar-refractivity contribution in [3.63, 3.8) is 0 Å². The van der Waals surface area contributed by atoms with Crippen molar-refractivity contribution < 1.29 is 14.3 Å². The summed E-state index contributed by atoms with van der Waals surface area (Å²) in [5.74, 6) is 0.819. The Kier molecular flexibility index (Phi) is 3.64. The number of hydrogen-bond acceptors (Lipinski definition) is 4. The minimum atomic E-state index is -0.283. The Morgan fingerprint density at radius 1 is 1.29 bits per heavy atom. The zero-order valence-electron chi connectivity index (χ0n) is 7.90. The fourth-order valence-electron chi connectivity index (χ4n) is 1.04. The second kappa shape index (κ2) is 4.76. The van der Waals surface area contributed by atoms with Crippen LogP contribution in [0.5, 0.6) is 11.5 Å². The molecule has 0 unspecified atom stereocenters. The van der Waals surface area contributed by atoms with Gasteiger partial charge >= 0.3 is 0 Å². The molecule has 0 fully saturated rings. The van der Waals surface area contributed by atoms with E-state index in [4.69, 9.17) is 9.47 Å². The van der Waals surface area contributed by atoms with Gasteiger partial charge in [0.2, 0.25) is 0 Å². The summed E-state index contributed by atoms with van der Waals surface area (Å²) in [6.07, 6.45) is 0. The van der Waals surface area contributed by atoms with Gasteiger partial charge in [-0.25, -0.2) is 0 Å². The number of thiol groups is 1. The fraction of sp³-hybridized carbons (Fsp3) is 0.222. The van der Waals surface area contributed by atoms with Gasteiger partial charge in [0.25, 0.3) is 5.91 Å². The van der Waals surface area contributed by atoms with E-state index in [-0.39, 0.29) is 5.91 Å². The van der Waals surface area contributed by atoms with Gasteiger partial charge in [0, 0.05) is 5.56 Å². The van der Waals surface area contributed by atoms with Crippen molar-refractivity contribution in [2.75, 3.05) is 14.2 Å². The van der Waals surface area contributed by atoms with Crippen LogP contribution in [0, 0.1) is 0 Å². The summed E-state index contributed by atoms with van der Waals surface area (Å²) in [6.45, 7) is 0. The molecule has 4 nitrogen and oxygen atoms in total. The lowest BCUT2D eigenvalue weighted by Crippen LogP contribution is -2.12. The molecule has 0 aliphatic rings. The number of carbonyl (C=O) groups excluding carboxylic acids is 1. The summed E-state index contributed by atoms with van der Waals surface area (Å²) in [7, 11) is 3.05. The van der Waals surface area contributed by atoms with E-state index in [1.54, 1.807) is 18.2 Å². The van der Waals surface area contributed by atoms with Gasteiger partial charge in [-0.05, 0) is 18.2 Å². The van der Waals surface area contributed by atoms with Gasteiger partial charge in [-0.1, -0.05) is 12.8 Å². The molecule has 0 saturated carbocycles. The molecule has 0 aliphatic carbocycles. The monoisotopic (exact) mass is 213 g/mol. The summed E-state index contributed by atoms with van der Waals surface area (Å²) in [4.78, 5) is 11.2. The Labute approximate surface area is 87.8 Å². The van der Waals surface area contributed by atoms with E-state index in [0.29, 0.717) is 17.1 Å². The van der Waals surface area contributed by atoms with Crippen molar-refractivity contribution in [1.29, 1.82) is 0 Å². The van der Waals surface area contributed by atoms with E-state index < -0.39 is 0 Å². The minimum absolute atomic E-state index is 0.283. The Balaban J connectivity index is 3.07. The largest absolute Gasteiger partial charge is 0.493 e. The lowest BCUT2D eigenvalue weighted by molar-refractivity contribution is 0.0984. The summed E-state index contributed by atoms with van der Waals surface area (Å²) < 4.78 is 12.3. The van der Waals surface area contributed by atoms with E-state index >= 15 is 0 Å². The van der Waals surface area contributed by atoms with Crippen molar-refractivity contribution in [1.82, 2.24) is 4.72 Å². The molecule has 0 atom stereocenters. The van der Waals surface area contributed by atoms with Gasteiger partial charge in [-0.3, -0.25) is 9.52 Å². The molecular formula is C9H11NO3S. The maximum atomic E-state index is 11.2. The molecular weight excluding hydrogens is 202 g/mol. The van der Waals surface area contributed by atoms with Gasteiger partial charge in [-0.15, -0.1) is 0 Å². The molecule has 0 aliphatic heterocycles. The Bertz CT molecular complexity index is 341. The number of nitrogens with one attached hydrogen (secondary N) is 1. The van der Waals surface area contributed by atoms with Crippen LogP contribution in [0.4, 0.5) is 0 Å². The van der Waals surface area contributed by atoms with Gasteiger partial charge in [0.05, 0.1) is 14.2 Å². The molecule has 14 heavy (non-hydrogen) atoms. The number of methoxy groups -OCH3 is 2. The predicted octanol–water partition coefficient (Wildman–Crippen LogP) is 1.28. The van der Waals surface area contributed by atoms with Crippen LogP contribution in [0.3, 0.4) is 0 Å². The SMILES string of the molecule is COc1ccc(C(=O)NS)cc1OC. The van der Waals surface area contributed by atoms with Crippen molar-refractivity contribution >= 4 is 18.7 Å². The van der Waals surface area contributed by atoms with Gasteiger partial charge in [0.1, 0.15) is 0 Å². The van der Waals surface area contributed by atoms with Crippen molar-refractivity contribution in [3.05, 3.63) is 23.8 Å². The second-order valence-electron chi connectivity index (χ2n) is 2.51. The topological polar surface area (TPSA) is 47.6 Å². The van der Waals surface area contributed by atoms with Crippen LogP contribution in [-0.4, -0.2) is 20.1 Å². The molecule has 0 spiro atoms. The first kappa shape index (κ1) is 10.7. The Morgan fingerprint density at radius 2 is 1.93 bits per heavy atom. The molecule has 0 radical (unpaired) electrons. The first-order valence-corrected chi connectivity index (χ1v) is 4.34. The second-order valence-corrected chi connectivity index (χ2v) is 2.73. The Morgan fingerprint density at radius 3 is 2.43 bits per heavy atom. The quantitative estimate of drug-likeness (QED) is 0.743. The standard InChI is InChI=1S/C9H11NO3S/c1-12-7-4-3-6(9(11)10-14)5-8(7)13-2/h3-5,14H,1-2H3,(H,10,11). The molecule has 0 bridgehead atoms. The molecule has 1 rings (SSSR count). The third-order valence-electron chi connectivity index (χ3n) is 1.75. The van der Waals surface area contributed by atoms with Gasteiger partial charge < -0.3 is 9.47 Å². The molecule has 76 valence electrons. The number of hydrogen-bond donors (Lipinski definition) is 2. The van der Waals surface area contributed by atoms with Crippen molar-refractivity contribution in [3.8, 4) is 11.5 Å². The van der Waals surface area contributed by atoms with Gasteiger partial charge in [-0.2, -0.15) is 0 Å². The lowest BCUT2D eigenvalue weighted by Gasteiger charge is -2.08. The van der Waals surface area contributed by atoms with E-state index in [0.717, 1.165) is 0 Å². The Hall–Kier alpha value is -1.36. The van der Waals surface area contributed by atoms with Crippen LogP contribution < -0.4 is 14.2 Å². The number of carbonyl (C=O) groups is 1. The highest BCUT2D eigenvalue weighted by Crippen LogP contribution is 2.27. The number of ether oxygens (including phenoxy) is 2. The highest BCUT2D eigenvalue weighted by Gasteiger charge is 2.08. The smallest absolute Gasteiger partial charge is 0.261 e. The van der Waals surface area contributed by atoms with E-state index in [1.807, 2.05) is 0 Å². The molecule has 0 heterocycles. The maximum Gasteiger partial charge on any atom is 0.261 e. The molecule has 5 heteroatoms. The first-order valence-electron chi connectivity index (χ1n) is 3.89. The maximum absolute atomic E-state index is 11.2. The highest BCUT2D eigenvalue weighted by molar-refractivity contribution is 7.78.